The van der Waals surface area contributed by atoms with Crippen molar-refractivity contribution in [2.75, 3.05) is 0 Å². The van der Waals surface area contributed by atoms with Crippen molar-refractivity contribution in [3.05, 3.63) is 0 Å². The van der Waals surface area contributed by atoms with Crippen LogP contribution >= 0.6 is 0 Å². The predicted molar refractivity (Wildman–Crippen MR) is 43.8 cm³/mol. The van der Waals surface area contributed by atoms with E-state index in [0.29, 0.717) is 31.5 Å². The molecule has 0 aromatic heterocycles. The Bertz CT molecular complexity index is 174. The van der Waals surface area contributed by atoms with Gasteiger partial charge >= 0.3 is 5.97 Å². The molecule has 1 N–H and O–H groups in total. The maximum absolute atomic E-state index is 11.0. The molecule has 1 saturated carbocycles. The van der Waals surface area contributed by atoms with Gasteiger partial charge in [0.2, 0.25) is 0 Å². The first-order chi connectivity index (χ1) is 5.70. The fraction of sp³-hybridized carbons (Fsp3) is 0.778. The number of carboxylic acid groups (broad SMARTS) is 1. The summed E-state index contributed by atoms with van der Waals surface area (Å²) in [6.45, 7) is 0. The van der Waals surface area contributed by atoms with Crippen LogP contribution in [0.25, 0.3) is 0 Å². The number of aliphatic carboxylic acids is 1. The first-order valence-electron chi connectivity index (χ1n) is 4.44. The number of carboxylic acids is 1. The van der Waals surface area contributed by atoms with E-state index in [1.54, 1.807) is 0 Å². The number of rotatable bonds is 1. The van der Waals surface area contributed by atoms with Crippen LogP contribution < -0.4 is 0 Å². The smallest absolute Gasteiger partial charge is 0.306 e. The number of carbonyl (C=O) groups is 2. The minimum atomic E-state index is -0.704. The van der Waals surface area contributed by atoms with E-state index in [2.05, 4.69) is 0 Å². The van der Waals surface area contributed by atoms with E-state index in [0.717, 1.165) is 12.8 Å². The monoisotopic (exact) mass is 170 g/mol. The van der Waals surface area contributed by atoms with E-state index in [1.807, 2.05) is 0 Å². The number of carbonyl (C=O) groups excluding carboxylic acids is 1. The lowest BCUT2D eigenvalue weighted by Gasteiger charge is -2.14. The summed E-state index contributed by atoms with van der Waals surface area (Å²) in [4.78, 5) is 21.6. The molecular formula is C9H14O3. The highest BCUT2D eigenvalue weighted by atomic mass is 16.4. The van der Waals surface area contributed by atoms with Crippen LogP contribution in [0.4, 0.5) is 0 Å². The third-order valence-electron chi connectivity index (χ3n) is 2.37. The molecule has 12 heavy (non-hydrogen) atoms. The standard InChI is InChI=1S/C9H14O3/c10-8-5-1-3-7(9(11)12)4-2-6-8/h7H,1-6H2,(H,11,12). The minimum absolute atomic E-state index is 0.210. The third kappa shape index (κ3) is 2.64. The normalized spacial score (nSPS) is 21.5. The van der Waals surface area contributed by atoms with Crippen molar-refractivity contribution in [1.29, 1.82) is 0 Å². The number of ketones is 1. The molecule has 1 aliphatic rings. The molecular weight excluding hydrogens is 156 g/mol. The highest BCUT2D eigenvalue weighted by Crippen LogP contribution is 2.20. The van der Waals surface area contributed by atoms with Crippen molar-refractivity contribution >= 4 is 11.8 Å². The van der Waals surface area contributed by atoms with Crippen LogP contribution in [-0.4, -0.2) is 16.9 Å². The summed E-state index contributed by atoms with van der Waals surface area (Å²) in [6, 6.07) is 0. The molecule has 1 fully saturated rings. The first kappa shape index (κ1) is 9.23. The quantitative estimate of drug-likeness (QED) is 0.650. The van der Waals surface area contributed by atoms with Crippen LogP contribution in [0.5, 0.6) is 0 Å². The van der Waals surface area contributed by atoms with Gasteiger partial charge in [0.25, 0.3) is 0 Å². The van der Waals surface area contributed by atoms with E-state index in [-0.39, 0.29) is 5.92 Å². The van der Waals surface area contributed by atoms with Gasteiger partial charge in [-0.15, -0.1) is 0 Å². The molecule has 0 aromatic rings. The van der Waals surface area contributed by atoms with Gasteiger partial charge in [0.05, 0.1) is 5.92 Å². The maximum atomic E-state index is 11.0. The summed E-state index contributed by atoms with van der Waals surface area (Å²) >= 11 is 0. The average molecular weight is 170 g/mol. The predicted octanol–water partition coefficient (Wildman–Crippen LogP) is 1.61. The molecule has 1 aliphatic carbocycles. The number of hydrogen-bond donors (Lipinski definition) is 1. The van der Waals surface area contributed by atoms with Crippen molar-refractivity contribution in [2.45, 2.75) is 38.5 Å². The largest absolute Gasteiger partial charge is 0.481 e. The molecule has 0 unspecified atom stereocenters. The zero-order valence-corrected chi connectivity index (χ0v) is 7.08. The summed E-state index contributed by atoms with van der Waals surface area (Å²) in [6.07, 6.45) is 3.97. The van der Waals surface area contributed by atoms with Crippen LogP contribution in [0.3, 0.4) is 0 Å². The number of hydrogen-bond acceptors (Lipinski definition) is 2. The molecule has 0 aromatic carbocycles. The Hall–Kier alpha value is -0.860. The zero-order chi connectivity index (χ0) is 8.97. The summed E-state index contributed by atoms with van der Waals surface area (Å²) in [5.74, 6) is -0.624. The highest BCUT2D eigenvalue weighted by Gasteiger charge is 2.19. The second-order valence-corrected chi connectivity index (χ2v) is 3.36. The summed E-state index contributed by atoms with van der Waals surface area (Å²) in [7, 11) is 0. The molecule has 0 heterocycles. The second kappa shape index (κ2) is 4.24. The van der Waals surface area contributed by atoms with Crippen LogP contribution in [0.1, 0.15) is 38.5 Å². The van der Waals surface area contributed by atoms with Crippen molar-refractivity contribution in [1.82, 2.24) is 0 Å². The molecule has 0 bridgehead atoms. The lowest BCUT2D eigenvalue weighted by Crippen LogP contribution is -2.16. The third-order valence-corrected chi connectivity index (χ3v) is 2.37. The second-order valence-electron chi connectivity index (χ2n) is 3.36. The van der Waals surface area contributed by atoms with Gasteiger partial charge in [0.1, 0.15) is 5.78 Å². The van der Waals surface area contributed by atoms with Gasteiger partial charge in [-0.3, -0.25) is 9.59 Å². The molecule has 0 aliphatic heterocycles. The lowest BCUT2D eigenvalue weighted by molar-refractivity contribution is -0.142. The van der Waals surface area contributed by atoms with E-state index < -0.39 is 5.97 Å². The van der Waals surface area contributed by atoms with Crippen LogP contribution in [-0.2, 0) is 9.59 Å². The van der Waals surface area contributed by atoms with Gasteiger partial charge in [0.15, 0.2) is 0 Å². The molecule has 68 valence electrons. The molecule has 3 nitrogen and oxygen atoms in total. The highest BCUT2D eigenvalue weighted by molar-refractivity contribution is 5.78. The summed E-state index contributed by atoms with van der Waals surface area (Å²) in [5, 5.41) is 8.74. The SMILES string of the molecule is O=C1CCCC(C(=O)O)CCC1. The van der Waals surface area contributed by atoms with E-state index >= 15 is 0 Å². The number of Topliss-reactive ketones (excluding diaryl/α,β-unsaturated/α-hetero) is 1. The molecule has 0 amide bonds. The maximum Gasteiger partial charge on any atom is 0.306 e. The Kier molecular flexibility index (Phi) is 3.26. The van der Waals surface area contributed by atoms with E-state index in [9.17, 15) is 9.59 Å². The summed E-state index contributed by atoms with van der Waals surface area (Å²) < 4.78 is 0. The van der Waals surface area contributed by atoms with Gasteiger partial charge < -0.3 is 5.11 Å². The van der Waals surface area contributed by atoms with Gasteiger partial charge in [-0.25, -0.2) is 0 Å². The van der Waals surface area contributed by atoms with Crippen LogP contribution in [0, 0.1) is 5.92 Å². The van der Waals surface area contributed by atoms with Gasteiger partial charge in [-0.2, -0.15) is 0 Å². The Balaban J connectivity index is 2.40. The molecule has 0 saturated heterocycles. The van der Waals surface area contributed by atoms with Gasteiger partial charge in [-0.05, 0) is 25.7 Å². The van der Waals surface area contributed by atoms with E-state index in [1.165, 1.54) is 0 Å². The molecule has 3 heteroatoms. The lowest BCUT2D eigenvalue weighted by atomic mass is 9.91. The van der Waals surface area contributed by atoms with Crippen molar-refractivity contribution < 1.29 is 14.7 Å². The van der Waals surface area contributed by atoms with E-state index in [4.69, 9.17) is 5.11 Å². The molecule has 0 spiro atoms. The molecule has 1 rings (SSSR count). The topological polar surface area (TPSA) is 54.4 Å². The minimum Gasteiger partial charge on any atom is -0.481 e. The van der Waals surface area contributed by atoms with Crippen molar-refractivity contribution in [3.8, 4) is 0 Å². The fourth-order valence-corrected chi connectivity index (χ4v) is 1.61. The Morgan fingerprint density at radius 2 is 1.75 bits per heavy atom. The average Bonchev–Trinajstić information content (AvgIpc) is 1.95. The Morgan fingerprint density at radius 3 is 2.17 bits per heavy atom. The van der Waals surface area contributed by atoms with Crippen LogP contribution in [0.2, 0.25) is 0 Å². The Morgan fingerprint density at radius 1 is 1.25 bits per heavy atom. The zero-order valence-electron chi connectivity index (χ0n) is 7.08. The van der Waals surface area contributed by atoms with Gasteiger partial charge in [-0.1, -0.05) is 0 Å². The first-order valence-corrected chi connectivity index (χ1v) is 4.44. The van der Waals surface area contributed by atoms with Crippen molar-refractivity contribution in [3.63, 3.8) is 0 Å². The molecule has 0 radical (unpaired) electrons. The fourth-order valence-electron chi connectivity index (χ4n) is 1.61. The molecule has 0 atom stereocenters. The van der Waals surface area contributed by atoms with Gasteiger partial charge in [0, 0.05) is 12.8 Å². The summed E-state index contributed by atoms with van der Waals surface area (Å²) in [5.41, 5.74) is 0. The van der Waals surface area contributed by atoms with Crippen molar-refractivity contribution in [2.24, 2.45) is 5.92 Å². The van der Waals surface area contributed by atoms with Crippen LogP contribution in [0.15, 0.2) is 0 Å². The Labute approximate surface area is 71.8 Å².